The van der Waals surface area contributed by atoms with Crippen LogP contribution in [0.1, 0.15) is 40.9 Å². The summed E-state index contributed by atoms with van der Waals surface area (Å²) < 4.78 is 5.62. The van der Waals surface area contributed by atoms with Crippen LogP contribution in [0.15, 0.2) is 16.5 Å². The van der Waals surface area contributed by atoms with Crippen LogP contribution in [0.5, 0.6) is 0 Å². The van der Waals surface area contributed by atoms with Gasteiger partial charge in [0.2, 0.25) is 0 Å². The van der Waals surface area contributed by atoms with Gasteiger partial charge in [-0.2, -0.15) is 0 Å². The predicted octanol–water partition coefficient (Wildman–Crippen LogP) is 3.22. The van der Waals surface area contributed by atoms with Gasteiger partial charge in [0.1, 0.15) is 10.6 Å². The number of thiazole rings is 1. The number of carbonyl (C=O) groups excluding carboxylic acids is 1. The monoisotopic (exact) mass is 333 g/mol. The van der Waals surface area contributed by atoms with Gasteiger partial charge in [-0.05, 0) is 44.7 Å². The van der Waals surface area contributed by atoms with Gasteiger partial charge >= 0.3 is 0 Å². The van der Waals surface area contributed by atoms with E-state index in [1.54, 1.807) is 0 Å². The number of aryl methyl sites for hydroxylation is 2. The minimum absolute atomic E-state index is 0.0527. The number of amides is 1. The topological polar surface area (TPSA) is 72.4 Å². The van der Waals surface area contributed by atoms with Crippen LogP contribution in [0.25, 0.3) is 10.8 Å². The maximum Gasteiger partial charge on any atom is 0.266 e. The number of nitrogens with two attached hydrogens (primary N) is 1. The van der Waals surface area contributed by atoms with Crippen molar-refractivity contribution in [2.45, 2.75) is 39.7 Å². The van der Waals surface area contributed by atoms with E-state index in [0.29, 0.717) is 17.3 Å². The summed E-state index contributed by atoms with van der Waals surface area (Å²) in [5.41, 5.74) is 6.65. The van der Waals surface area contributed by atoms with E-state index < -0.39 is 0 Å². The molecule has 0 saturated carbocycles. The minimum atomic E-state index is 0.0527. The summed E-state index contributed by atoms with van der Waals surface area (Å²) in [6, 6.07) is 3.93. The molecule has 2 N–H and O–H groups in total. The maximum atomic E-state index is 13.0. The van der Waals surface area contributed by atoms with Crippen molar-refractivity contribution >= 4 is 17.2 Å². The molecule has 5 nitrogen and oxygen atoms in total. The molecule has 2 unspecified atom stereocenters. The van der Waals surface area contributed by atoms with Crippen molar-refractivity contribution in [2.75, 3.05) is 13.1 Å². The number of aromatic nitrogens is 1. The van der Waals surface area contributed by atoms with Crippen LogP contribution < -0.4 is 5.73 Å². The molecule has 1 aliphatic rings. The van der Waals surface area contributed by atoms with Crippen LogP contribution in [-0.4, -0.2) is 34.9 Å². The summed E-state index contributed by atoms with van der Waals surface area (Å²) in [6.07, 6.45) is 2.01. The smallest absolute Gasteiger partial charge is 0.266 e. The molecule has 1 aliphatic heterocycles. The quantitative estimate of drug-likeness (QED) is 0.936. The minimum Gasteiger partial charge on any atom is -0.459 e. The largest absolute Gasteiger partial charge is 0.459 e. The standard InChI is InChI=1S/C17H23N3O2S/c1-10-6-7-20(13(8-10)9-18)17(21)15-12(3)19-16(23-15)14-5-4-11(2)22-14/h4-5,10,13H,6-9,18H2,1-3H3. The number of carbonyl (C=O) groups is 1. The Balaban J connectivity index is 1.86. The zero-order chi connectivity index (χ0) is 16.6. The molecular formula is C17H23N3O2S. The van der Waals surface area contributed by atoms with Gasteiger partial charge in [-0.3, -0.25) is 4.79 Å². The first-order valence-electron chi connectivity index (χ1n) is 8.05. The zero-order valence-corrected chi connectivity index (χ0v) is 14.7. The van der Waals surface area contributed by atoms with Crippen molar-refractivity contribution in [2.24, 2.45) is 11.7 Å². The molecule has 0 bridgehead atoms. The molecular weight excluding hydrogens is 310 g/mol. The highest BCUT2D eigenvalue weighted by atomic mass is 32.1. The van der Waals surface area contributed by atoms with E-state index in [9.17, 15) is 4.79 Å². The van der Waals surface area contributed by atoms with E-state index in [1.165, 1.54) is 11.3 Å². The Kier molecular flexibility index (Phi) is 4.55. The predicted molar refractivity (Wildman–Crippen MR) is 91.6 cm³/mol. The first kappa shape index (κ1) is 16.2. The van der Waals surface area contributed by atoms with Gasteiger partial charge in [0, 0.05) is 19.1 Å². The summed E-state index contributed by atoms with van der Waals surface area (Å²) >= 11 is 1.40. The molecule has 0 aliphatic carbocycles. The lowest BCUT2D eigenvalue weighted by Crippen LogP contribution is -2.49. The molecule has 2 aromatic heterocycles. The third-order valence-electron chi connectivity index (χ3n) is 4.45. The second kappa shape index (κ2) is 6.45. The van der Waals surface area contributed by atoms with E-state index >= 15 is 0 Å². The van der Waals surface area contributed by atoms with Gasteiger partial charge in [0.25, 0.3) is 5.91 Å². The highest BCUT2D eigenvalue weighted by Crippen LogP contribution is 2.32. The molecule has 6 heteroatoms. The molecule has 0 spiro atoms. The lowest BCUT2D eigenvalue weighted by atomic mass is 9.92. The fourth-order valence-corrected chi connectivity index (χ4v) is 4.11. The Bertz CT molecular complexity index is 707. The van der Waals surface area contributed by atoms with Crippen LogP contribution in [0, 0.1) is 19.8 Å². The van der Waals surface area contributed by atoms with Gasteiger partial charge in [0.15, 0.2) is 10.8 Å². The zero-order valence-electron chi connectivity index (χ0n) is 13.8. The van der Waals surface area contributed by atoms with E-state index in [0.717, 1.165) is 41.6 Å². The number of likely N-dealkylation sites (tertiary alicyclic amines) is 1. The summed E-state index contributed by atoms with van der Waals surface area (Å²) in [4.78, 5) is 20.1. The molecule has 0 radical (unpaired) electrons. The fraction of sp³-hybridized carbons (Fsp3) is 0.529. The molecule has 1 amide bonds. The lowest BCUT2D eigenvalue weighted by molar-refractivity contribution is 0.0577. The van der Waals surface area contributed by atoms with Crippen LogP contribution in [0.2, 0.25) is 0 Å². The normalized spacial score (nSPS) is 21.7. The van der Waals surface area contributed by atoms with Gasteiger partial charge in [-0.15, -0.1) is 11.3 Å². The number of hydrogen-bond donors (Lipinski definition) is 1. The Morgan fingerprint density at radius 1 is 1.48 bits per heavy atom. The van der Waals surface area contributed by atoms with Gasteiger partial charge in [0.05, 0.1) is 5.69 Å². The van der Waals surface area contributed by atoms with Crippen molar-refractivity contribution in [3.63, 3.8) is 0 Å². The second-order valence-electron chi connectivity index (χ2n) is 6.36. The van der Waals surface area contributed by atoms with E-state index in [1.807, 2.05) is 30.9 Å². The molecule has 124 valence electrons. The maximum absolute atomic E-state index is 13.0. The molecule has 1 saturated heterocycles. The highest BCUT2D eigenvalue weighted by molar-refractivity contribution is 7.17. The Morgan fingerprint density at radius 3 is 2.91 bits per heavy atom. The Morgan fingerprint density at radius 2 is 2.26 bits per heavy atom. The third kappa shape index (κ3) is 3.19. The van der Waals surface area contributed by atoms with E-state index in [2.05, 4.69) is 11.9 Å². The summed E-state index contributed by atoms with van der Waals surface area (Å²) in [6.45, 7) is 7.29. The average molecular weight is 333 g/mol. The van der Waals surface area contributed by atoms with Crippen LogP contribution in [0.4, 0.5) is 0 Å². The molecule has 1 fully saturated rings. The number of furan rings is 1. The molecule has 2 atom stereocenters. The van der Waals surface area contributed by atoms with Crippen LogP contribution >= 0.6 is 11.3 Å². The van der Waals surface area contributed by atoms with Crippen molar-refractivity contribution in [3.05, 3.63) is 28.5 Å². The summed E-state index contributed by atoms with van der Waals surface area (Å²) in [5, 5.41) is 0.758. The molecule has 2 aromatic rings. The number of rotatable bonds is 3. The number of nitrogens with zero attached hydrogens (tertiary/aromatic N) is 2. The SMILES string of the molecule is Cc1ccc(-c2nc(C)c(C(=O)N3CCC(C)CC3CN)s2)o1. The second-order valence-corrected chi connectivity index (χ2v) is 7.36. The highest BCUT2D eigenvalue weighted by Gasteiger charge is 2.31. The molecule has 3 heterocycles. The van der Waals surface area contributed by atoms with Gasteiger partial charge in [-0.1, -0.05) is 6.92 Å². The van der Waals surface area contributed by atoms with Crippen molar-refractivity contribution < 1.29 is 9.21 Å². The van der Waals surface area contributed by atoms with E-state index in [4.69, 9.17) is 10.2 Å². The molecule has 0 aromatic carbocycles. The van der Waals surface area contributed by atoms with Crippen molar-refractivity contribution in [1.29, 1.82) is 0 Å². The van der Waals surface area contributed by atoms with Gasteiger partial charge in [-0.25, -0.2) is 4.98 Å². The first-order chi connectivity index (χ1) is 11.0. The summed E-state index contributed by atoms with van der Waals surface area (Å²) in [5.74, 6) is 2.24. The molecule has 3 rings (SSSR count). The van der Waals surface area contributed by atoms with Crippen molar-refractivity contribution in [1.82, 2.24) is 9.88 Å². The Hall–Kier alpha value is -1.66. The van der Waals surface area contributed by atoms with Crippen LogP contribution in [-0.2, 0) is 0 Å². The third-order valence-corrected chi connectivity index (χ3v) is 5.61. The Labute approximate surface area is 140 Å². The lowest BCUT2D eigenvalue weighted by Gasteiger charge is -2.37. The molecule has 23 heavy (non-hydrogen) atoms. The average Bonchev–Trinajstić information content (AvgIpc) is 3.12. The van der Waals surface area contributed by atoms with Gasteiger partial charge < -0.3 is 15.1 Å². The van der Waals surface area contributed by atoms with E-state index in [-0.39, 0.29) is 11.9 Å². The summed E-state index contributed by atoms with van der Waals surface area (Å²) in [7, 11) is 0. The number of hydrogen-bond acceptors (Lipinski definition) is 5. The fourth-order valence-electron chi connectivity index (χ4n) is 3.12. The van der Waals surface area contributed by atoms with Crippen LogP contribution in [0.3, 0.4) is 0 Å². The van der Waals surface area contributed by atoms with Crippen molar-refractivity contribution in [3.8, 4) is 10.8 Å². The number of piperidine rings is 1. The first-order valence-corrected chi connectivity index (χ1v) is 8.86.